The normalized spacial score (nSPS) is 22.6. The number of alkyl halides is 3. The van der Waals surface area contributed by atoms with Crippen molar-refractivity contribution in [1.82, 2.24) is 9.21 Å². The monoisotopic (exact) mass is 622 g/mol. The molecule has 7 nitrogen and oxygen atoms in total. The number of carboxylic acids is 1. The molecular weight excluding hydrogens is 592 g/mol. The molecule has 13 heteroatoms. The Balaban J connectivity index is 2.19. The molecular formula is C27H31Cl2F3N2O5S. The molecule has 1 heterocycles. The molecule has 1 amide bonds. The van der Waals surface area contributed by atoms with Gasteiger partial charge < -0.3 is 10.0 Å². The lowest BCUT2D eigenvalue weighted by molar-refractivity contribution is -0.161. The predicted octanol–water partition coefficient (Wildman–Crippen LogP) is 6.09. The van der Waals surface area contributed by atoms with Crippen LogP contribution >= 0.6 is 23.2 Å². The summed E-state index contributed by atoms with van der Waals surface area (Å²) in [5, 5.41) is 10.6. The predicted molar refractivity (Wildman–Crippen MR) is 147 cm³/mol. The van der Waals surface area contributed by atoms with Gasteiger partial charge in [-0.1, -0.05) is 61.3 Å². The van der Waals surface area contributed by atoms with E-state index < -0.39 is 71.7 Å². The molecule has 1 saturated heterocycles. The second-order valence-electron chi connectivity index (χ2n) is 10.3. The van der Waals surface area contributed by atoms with Gasteiger partial charge in [-0.25, -0.2) is 12.7 Å². The fraction of sp³-hybridized carbons (Fsp3) is 0.481. The van der Waals surface area contributed by atoms with E-state index in [4.69, 9.17) is 23.2 Å². The summed E-state index contributed by atoms with van der Waals surface area (Å²) in [6.45, 7) is 2.07. The van der Waals surface area contributed by atoms with Crippen LogP contribution in [0.1, 0.15) is 62.6 Å². The third kappa shape index (κ3) is 7.90. The maximum Gasteiger partial charge on any atom is 0.390 e. The number of hydrogen-bond acceptors (Lipinski definition) is 4. The van der Waals surface area contributed by atoms with Gasteiger partial charge in [0.1, 0.15) is 0 Å². The fourth-order valence-electron chi connectivity index (χ4n) is 5.43. The third-order valence-corrected chi connectivity index (χ3v) is 8.61. The van der Waals surface area contributed by atoms with Crippen molar-refractivity contribution in [3.8, 4) is 0 Å². The van der Waals surface area contributed by atoms with E-state index in [0.717, 1.165) is 5.56 Å². The van der Waals surface area contributed by atoms with Crippen LogP contribution in [-0.4, -0.2) is 59.9 Å². The summed E-state index contributed by atoms with van der Waals surface area (Å²) >= 11 is 12.4. The minimum Gasteiger partial charge on any atom is -0.481 e. The molecule has 0 aromatic heterocycles. The summed E-state index contributed by atoms with van der Waals surface area (Å²) in [4.78, 5) is 27.6. The molecule has 0 bridgehead atoms. The number of likely N-dealkylation sites (tertiary alicyclic amines) is 1. The lowest BCUT2D eigenvalue weighted by Crippen LogP contribution is -2.58. The lowest BCUT2D eigenvalue weighted by atomic mass is 9.67. The number of carbonyl (C=O) groups is 2. The molecule has 2 aromatic carbocycles. The van der Waals surface area contributed by atoms with E-state index in [1.165, 1.54) is 4.90 Å². The Bertz CT molecular complexity index is 1280. The first kappa shape index (κ1) is 32.2. The third-order valence-electron chi connectivity index (χ3n) is 7.30. The van der Waals surface area contributed by atoms with Crippen molar-refractivity contribution < 1.29 is 36.3 Å². The Morgan fingerprint density at radius 3 is 2.33 bits per heavy atom. The number of carbonyl (C=O) groups excluding carboxylic acids is 1. The number of nitrogens with zero attached hydrogens (tertiary/aromatic N) is 2. The van der Waals surface area contributed by atoms with Crippen molar-refractivity contribution in [2.75, 3.05) is 13.1 Å². The van der Waals surface area contributed by atoms with Crippen LogP contribution in [0.15, 0.2) is 48.5 Å². The van der Waals surface area contributed by atoms with Crippen LogP contribution in [0, 0.1) is 5.41 Å². The maximum absolute atomic E-state index is 14.2. The molecule has 0 radical (unpaired) electrons. The number of aliphatic carboxylic acids is 1. The SMILES string of the molecule is CC[C@@H](CN(CCC(F)(F)F)[SH](=O)=O)N1C(=O)[C@@](C)(CC(=O)O)C[C@H](c2cccc(Cl)c2)[C@H]1c1ccc(Cl)cc1. The number of carboxylic acid groups (broad SMARTS) is 1. The standard InChI is InChI=1S/C27H31Cl2F3N2O5S/c1-3-21(16-33(40(38)39)12-11-27(30,31)32)34-24(17-7-9-19(28)10-8-17)22(18-5-4-6-20(29)13-18)14-26(2,25(34)37)15-23(35)36/h4-10,13,21-22,24,40H,3,11-12,14-16H2,1-2H3,(H,35,36)/t21-,22+,24+,26+/m0/s1. The average molecular weight is 624 g/mol. The molecule has 0 spiro atoms. The molecule has 1 aliphatic heterocycles. The van der Waals surface area contributed by atoms with E-state index in [-0.39, 0.29) is 19.4 Å². The van der Waals surface area contributed by atoms with Crippen LogP contribution in [0.3, 0.4) is 0 Å². The van der Waals surface area contributed by atoms with E-state index in [1.54, 1.807) is 56.3 Å². The highest BCUT2D eigenvalue weighted by Crippen LogP contribution is 2.52. The second-order valence-corrected chi connectivity index (χ2v) is 12.2. The minimum absolute atomic E-state index is 0.145. The van der Waals surface area contributed by atoms with Gasteiger partial charge in [0.25, 0.3) is 0 Å². The van der Waals surface area contributed by atoms with E-state index in [0.29, 0.717) is 19.9 Å². The van der Waals surface area contributed by atoms with Crippen molar-refractivity contribution in [2.24, 2.45) is 5.41 Å². The maximum atomic E-state index is 14.2. The van der Waals surface area contributed by atoms with Crippen molar-refractivity contribution in [3.63, 3.8) is 0 Å². The topological polar surface area (TPSA) is 95.0 Å². The first-order chi connectivity index (χ1) is 18.6. The first-order valence-electron chi connectivity index (χ1n) is 12.7. The lowest BCUT2D eigenvalue weighted by Gasteiger charge is -2.52. The van der Waals surface area contributed by atoms with Crippen LogP contribution in [0.2, 0.25) is 10.0 Å². The van der Waals surface area contributed by atoms with Gasteiger partial charge >= 0.3 is 12.1 Å². The van der Waals surface area contributed by atoms with Crippen molar-refractivity contribution in [2.45, 2.75) is 63.7 Å². The number of hydrogen-bond donors (Lipinski definition) is 2. The Morgan fingerprint density at radius 1 is 1.15 bits per heavy atom. The second kappa shape index (κ2) is 13.1. The zero-order valence-corrected chi connectivity index (χ0v) is 24.3. The molecule has 3 rings (SSSR count). The molecule has 1 fully saturated rings. The van der Waals surface area contributed by atoms with Gasteiger partial charge in [0.15, 0.2) is 0 Å². The number of amides is 1. The van der Waals surface area contributed by atoms with Crippen LogP contribution in [-0.2, 0) is 20.5 Å². The number of rotatable bonds is 11. The van der Waals surface area contributed by atoms with Gasteiger partial charge in [-0.3, -0.25) is 9.59 Å². The van der Waals surface area contributed by atoms with Crippen molar-refractivity contribution in [3.05, 3.63) is 69.7 Å². The average Bonchev–Trinajstić information content (AvgIpc) is 2.85. The quantitative estimate of drug-likeness (QED) is 0.296. The summed E-state index contributed by atoms with van der Waals surface area (Å²) < 4.78 is 63.6. The Hall–Kier alpha value is -2.34. The summed E-state index contributed by atoms with van der Waals surface area (Å²) in [6.07, 6.45) is -6.06. The van der Waals surface area contributed by atoms with E-state index in [2.05, 4.69) is 0 Å². The Labute approximate surface area is 242 Å². The van der Waals surface area contributed by atoms with Gasteiger partial charge in [0, 0.05) is 35.1 Å². The van der Waals surface area contributed by atoms with E-state index in [9.17, 15) is 36.3 Å². The van der Waals surface area contributed by atoms with Crippen LogP contribution in [0.4, 0.5) is 13.2 Å². The van der Waals surface area contributed by atoms with Gasteiger partial charge in [-0.2, -0.15) is 13.2 Å². The molecule has 40 heavy (non-hydrogen) atoms. The van der Waals surface area contributed by atoms with Gasteiger partial charge in [0.05, 0.1) is 24.3 Å². The smallest absolute Gasteiger partial charge is 0.390 e. The minimum atomic E-state index is -4.57. The molecule has 4 atom stereocenters. The molecule has 220 valence electrons. The highest BCUT2D eigenvalue weighted by molar-refractivity contribution is 7.69. The molecule has 1 aliphatic rings. The molecule has 2 aromatic rings. The molecule has 0 unspecified atom stereocenters. The van der Waals surface area contributed by atoms with Crippen molar-refractivity contribution >= 4 is 46.0 Å². The van der Waals surface area contributed by atoms with Crippen molar-refractivity contribution in [1.29, 1.82) is 0 Å². The molecule has 1 N–H and O–H groups in total. The van der Waals surface area contributed by atoms with Crippen LogP contribution in [0.25, 0.3) is 0 Å². The molecule has 0 saturated carbocycles. The highest BCUT2D eigenvalue weighted by Gasteiger charge is 2.52. The summed E-state index contributed by atoms with van der Waals surface area (Å²) in [5.74, 6) is -2.18. The van der Waals surface area contributed by atoms with Crippen LogP contribution < -0.4 is 0 Å². The summed E-state index contributed by atoms with van der Waals surface area (Å²) in [7, 11) is -3.39. The van der Waals surface area contributed by atoms with Crippen LogP contribution in [0.5, 0.6) is 0 Å². The molecule has 0 aliphatic carbocycles. The van der Waals surface area contributed by atoms with E-state index in [1.807, 2.05) is 6.07 Å². The first-order valence-corrected chi connectivity index (χ1v) is 14.6. The number of halogens is 5. The largest absolute Gasteiger partial charge is 0.481 e. The van der Waals surface area contributed by atoms with Gasteiger partial charge in [0.2, 0.25) is 16.8 Å². The number of thiol groups is 1. The zero-order chi connectivity index (χ0) is 29.8. The Morgan fingerprint density at radius 2 is 1.80 bits per heavy atom. The summed E-state index contributed by atoms with van der Waals surface area (Å²) in [5.41, 5.74) is 0.0122. The number of piperidine rings is 1. The van der Waals surface area contributed by atoms with Gasteiger partial charge in [-0.05, 0) is 48.2 Å². The fourth-order valence-corrected chi connectivity index (χ4v) is 6.34. The van der Waals surface area contributed by atoms with Gasteiger partial charge in [-0.15, -0.1) is 0 Å². The Kier molecular flexibility index (Phi) is 10.5. The summed E-state index contributed by atoms with van der Waals surface area (Å²) in [6, 6.07) is 12.2. The number of benzene rings is 2. The highest BCUT2D eigenvalue weighted by atomic mass is 35.5. The van der Waals surface area contributed by atoms with E-state index >= 15 is 0 Å². The zero-order valence-electron chi connectivity index (χ0n) is 21.9.